The summed E-state index contributed by atoms with van der Waals surface area (Å²) in [7, 11) is 0. The summed E-state index contributed by atoms with van der Waals surface area (Å²) in [5.74, 6) is 0.710. The van der Waals surface area contributed by atoms with E-state index >= 15 is 0 Å². The summed E-state index contributed by atoms with van der Waals surface area (Å²) < 4.78 is 46.4. The van der Waals surface area contributed by atoms with Gasteiger partial charge in [-0.1, -0.05) is 0 Å². The largest absolute Gasteiger partial charge is 0.423 e. The second-order valence-corrected chi connectivity index (χ2v) is 9.01. The Morgan fingerprint density at radius 1 is 1.16 bits per heavy atom. The minimum Gasteiger partial charge on any atom is -0.379 e. The van der Waals surface area contributed by atoms with Crippen molar-refractivity contribution in [1.82, 2.24) is 20.1 Å². The fourth-order valence-corrected chi connectivity index (χ4v) is 4.73. The van der Waals surface area contributed by atoms with Crippen LogP contribution in [0, 0.1) is 11.3 Å². The van der Waals surface area contributed by atoms with Gasteiger partial charge in [0.15, 0.2) is 0 Å². The maximum atomic E-state index is 13.5. The van der Waals surface area contributed by atoms with Crippen molar-refractivity contribution in [3.05, 3.63) is 46.0 Å². The van der Waals surface area contributed by atoms with Crippen LogP contribution in [0.4, 0.5) is 24.7 Å². The van der Waals surface area contributed by atoms with E-state index in [1.54, 1.807) is 21.9 Å². The topological polar surface area (TPSA) is 118 Å². The molecular weight excluding hydrogens is 491 g/mol. The number of aromatic amines is 1. The Balaban J connectivity index is 1.26. The molecule has 0 bridgehead atoms. The average Bonchev–Trinajstić information content (AvgIpc) is 2.90. The highest BCUT2D eigenvalue weighted by atomic mass is 19.4. The highest BCUT2D eigenvalue weighted by Gasteiger charge is 2.40. The molecule has 1 N–H and O–H groups in total. The van der Waals surface area contributed by atoms with Crippen molar-refractivity contribution in [1.29, 1.82) is 5.26 Å². The van der Waals surface area contributed by atoms with Crippen LogP contribution in [0.5, 0.6) is 0 Å². The lowest BCUT2D eigenvalue weighted by Crippen LogP contribution is -2.49. The number of carbonyl (C=O) groups is 1. The lowest BCUT2D eigenvalue weighted by Gasteiger charge is -2.38. The van der Waals surface area contributed by atoms with Gasteiger partial charge in [0.25, 0.3) is 5.56 Å². The van der Waals surface area contributed by atoms with Crippen LogP contribution in [-0.4, -0.2) is 78.0 Å². The van der Waals surface area contributed by atoms with Gasteiger partial charge in [-0.25, -0.2) is 10.1 Å². The Morgan fingerprint density at radius 3 is 2.62 bits per heavy atom. The van der Waals surface area contributed by atoms with Gasteiger partial charge in [0, 0.05) is 38.9 Å². The first-order valence-electron chi connectivity index (χ1n) is 12.2. The second-order valence-electron chi connectivity index (χ2n) is 9.01. The summed E-state index contributed by atoms with van der Waals surface area (Å²) in [6.45, 7) is 2.97. The lowest BCUT2D eigenvalue weighted by molar-refractivity contribution is -0.138. The van der Waals surface area contributed by atoms with Gasteiger partial charge in [0.05, 0.1) is 43.1 Å². The quantitative estimate of drug-likeness (QED) is 0.553. The number of H-pyrrole nitrogens is 1. The summed E-state index contributed by atoms with van der Waals surface area (Å²) in [4.78, 5) is 34.2. The summed E-state index contributed by atoms with van der Waals surface area (Å²) in [6.07, 6.45) is 0.0722. The SMILES string of the molecule is N#Cc1ccc(N2CCN(C(=O)CCOCC3CCCCN3c3cn[nH]c(=O)c3C(F)(F)F)CC2)nc1. The van der Waals surface area contributed by atoms with Crippen LogP contribution in [-0.2, 0) is 15.7 Å². The van der Waals surface area contributed by atoms with Crippen LogP contribution in [0.2, 0.25) is 0 Å². The van der Waals surface area contributed by atoms with Gasteiger partial charge in [0.1, 0.15) is 17.5 Å². The minimum atomic E-state index is -4.80. The van der Waals surface area contributed by atoms with Crippen LogP contribution < -0.4 is 15.4 Å². The van der Waals surface area contributed by atoms with Gasteiger partial charge >= 0.3 is 6.18 Å². The van der Waals surface area contributed by atoms with E-state index in [1.165, 1.54) is 6.20 Å². The molecule has 2 aromatic heterocycles. The smallest absolute Gasteiger partial charge is 0.379 e. The summed E-state index contributed by atoms with van der Waals surface area (Å²) >= 11 is 0. The number of amides is 1. The molecule has 0 aliphatic carbocycles. The molecule has 1 amide bonds. The number of piperidine rings is 1. The van der Waals surface area contributed by atoms with Crippen molar-refractivity contribution in [3.63, 3.8) is 0 Å². The molecular formula is C24H28F3N7O3. The van der Waals surface area contributed by atoms with Crippen LogP contribution >= 0.6 is 0 Å². The van der Waals surface area contributed by atoms with Crippen LogP contribution in [0.15, 0.2) is 29.3 Å². The number of hydrogen-bond donors (Lipinski definition) is 1. The fraction of sp³-hybridized carbons (Fsp3) is 0.542. The van der Waals surface area contributed by atoms with Crippen LogP contribution in [0.3, 0.4) is 0 Å². The summed E-state index contributed by atoms with van der Waals surface area (Å²) in [6, 6.07) is 5.18. The first-order chi connectivity index (χ1) is 17.8. The number of nitrogens with one attached hydrogen (secondary N) is 1. The number of pyridine rings is 1. The molecule has 0 radical (unpaired) electrons. The predicted octanol–water partition coefficient (Wildman–Crippen LogP) is 2.17. The zero-order valence-electron chi connectivity index (χ0n) is 20.2. The second kappa shape index (κ2) is 11.6. The van der Waals surface area contributed by atoms with E-state index in [0.717, 1.165) is 18.4 Å². The van der Waals surface area contributed by atoms with Crippen molar-refractivity contribution in [2.75, 3.05) is 55.7 Å². The first kappa shape index (κ1) is 26.4. The number of aromatic nitrogens is 3. The Hall–Kier alpha value is -3.66. The fourth-order valence-electron chi connectivity index (χ4n) is 4.73. The maximum absolute atomic E-state index is 13.5. The Bertz CT molecular complexity index is 1170. The van der Waals surface area contributed by atoms with Crippen molar-refractivity contribution in [2.24, 2.45) is 0 Å². The highest BCUT2D eigenvalue weighted by Crippen LogP contribution is 2.35. The molecule has 1 unspecified atom stereocenters. The molecule has 2 fully saturated rings. The number of alkyl halides is 3. The number of nitriles is 1. The predicted molar refractivity (Wildman–Crippen MR) is 128 cm³/mol. The van der Waals surface area contributed by atoms with Crippen LogP contribution in [0.25, 0.3) is 0 Å². The number of anilines is 2. The Morgan fingerprint density at radius 2 is 1.95 bits per heavy atom. The number of ether oxygens (including phenoxy) is 1. The van der Waals surface area contributed by atoms with E-state index in [1.807, 2.05) is 11.2 Å². The van der Waals surface area contributed by atoms with Crippen LogP contribution in [0.1, 0.15) is 36.8 Å². The van der Waals surface area contributed by atoms with Gasteiger partial charge in [-0.2, -0.15) is 23.5 Å². The molecule has 0 spiro atoms. The number of piperazine rings is 1. The van der Waals surface area contributed by atoms with E-state index in [2.05, 4.69) is 15.0 Å². The number of rotatable bonds is 7. The maximum Gasteiger partial charge on any atom is 0.423 e. The molecule has 10 nitrogen and oxygen atoms in total. The molecule has 0 aromatic carbocycles. The molecule has 4 heterocycles. The third-order valence-corrected chi connectivity index (χ3v) is 6.66. The molecule has 2 aliphatic heterocycles. The zero-order valence-corrected chi connectivity index (χ0v) is 20.2. The molecule has 2 aromatic rings. The summed E-state index contributed by atoms with van der Waals surface area (Å²) in [5, 5.41) is 14.3. The normalized spacial score (nSPS) is 18.5. The van der Waals surface area contributed by atoms with Gasteiger partial charge in [-0.15, -0.1) is 0 Å². The van der Waals surface area contributed by atoms with E-state index in [9.17, 15) is 22.8 Å². The molecule has 2 aliphatic rings. The third-order valence-electron chi connectivity index (χ3n) is 6.66. The third kappa shape index (κ3) is 6.37. The number of halogens is 3. The monoisotopic (exact) mass is 519 g/mol. The minimum absolute atomic E-state index is 0.0499. The summed E-state index contributed by atoms with van der Waals surface area (Å²) in [5.41, 5.74) is -2.27. The molecule has 198 valence electrons. The lowest BCUT2D eigenvalue weighted by atomic mass is 10.0. The van der Waals surface area contributed by atoms with Crippen molar-refractivity contribution >= 4 is 17.4 Å². The number of carbonyl (C=O) groups excluding carboxylic acids is 1. The Kier molecular flexibility index (Phi) is 8.27. The first-order valence-corrected chi connectivity index (χ1v) is 12.2. The van der Waals surface area contributed by atoms with E-state index in [-0.39, 0.29) is 37.3 Å². The molecule has 13 heteroatoms. The van der Waals surface area contributed by atoms with E-state index in [4.69, 9.17) is 10.00 Å². The van der Waals surface area contributed by atoms with E-state index < -0.39 is 17.3 Å². The molecule has 0 saturated carbocycles. The number of hydrogen-bond acceptors (Lipinski definition) is 8. The number of nitrogens with zero attached hydrogens (tertiary/aromatic N) is 6. The van der Waals surface area contributed by atoms with Gasteiger partial charge in [-0.05, 0) is 31.4 Å². The van der Waals surface area contributed by atoms with Crippen molar-refractivity contribution in [3.8, 4) is 6.07 Å². The molecule has 37 heavy (non-hydrogen) atoms. The van der Waals surface area contributed by atoms with Crippen molar-refractivity contribution < 1.29 is 22.7 Å². The Labute approximate surface area is 211 Å². The molecule has 4 rings (SSSR count). The highest BCUT2D eigenvalue weighted by molar-refractivity contribution is 5.76. The van der Waals surface area contributed by atoms with Gasteiger partial charge < -0.3 is 19.4 Å². The standard InChI is InChI=1S/C24H28F3N7O3/c25-24(26,27)22-19(15-30-31-23(22)36)34-7-2-1-3-18(34)16-37-12-6-21(35)33-10-8-32(9-11-33)20-5-4-17(13-28)14-29-20/h4-5,14-15,18H,1-3,6-12,16H2,(H,31,36). The van der Waals surface area contributed by atoms with Gasteiger partial charge in [0.2, 0.25) is 5.91 Å². The van der Waals surface area contributed by atoms with E-state index in [0.29, 0.717) is 51.1 Å². The van der Waals surface area contributed by atoms with Crippen molar-refractivity contribution in [2.45, 2.75) is 37.9 Å². The zero-order chi connectivity index (χ0) is 26.4. The molecule has 2 saturated heterocycles. The van der Waals surface area contributed by atoms with Gasteiger partial charge in [-0.3, -0.25) is 9.59 Å². The average molecular weight is 520 g/mol. The molecule has 1 atom stereocenters.